The highest BCUT2D eigenvalue weighted by Gasteiger charge is 2.41. The fourth-order valence-electron chi connectivity index (χ4n) is 3.47. The van der Waals surface area contributed by atoms with Crippen LogP contribution in [0.15, 0.2) is 18.6 Å². The minimum absolute atomic E-state index is 0.564. The van der Waals surface area contributed by atoms with E-state index in [-0.39, 0.29) is 0 Å². The second kappa shape index (κ2) is 4.20. The third-order valence-electron chi connectivity index (χ3n) is 4.52. The van der Waals surface area contributed by atoms with Gasteiger partial charge < -0.3 is 10.3 Å². The molecule has 2 aromatic rings. The zero-order valence-corrected chi connectivity index (χ0v) is 11.1. The van der Waals surface area contributed by atoms with Gasteiger partial charge in [-0.05, 0) is 26.2 Å². The molecular weight excluding hydrogens is 238 g/mol. The molecule has 2 fully saturated rings. The van der Waals surface area contributed by atoms with E-state index >= 15 is 0 Å². The molecule has 5 heteroatoms. The minimum atomic E-state index is 0.564. The molecule has 4 heterocycles. The van der Waals surface area contributed by atoms with Gasteiger partial charge in [0.05, 0.1) is 18.1 Å². The van der Waals surface area contributed by atoms with Crippen molar-refractivity contribution in [2.75, 3.05) is 0 Å². The van der Waals surface area contributed by atoms with Crippen LogP contribution in [0.1, 0.15) is 37.9 Å². The van der Waals surface area contributed by atoms with Gasteiger partial charge in [0, 0.05) is 36.3 Å². The highest BCUT2D eigenvalue weighted by atomic mass is 15.3. The maximum Gasteiger partial charge on any atom is 0.111 e. The van der Waals surface area contributed by atoms with Gasteiger partial charge in [-0.25, -0.2) is 4.98 Å². The Morgan fingerprint density at radius 3 is 3.00 bits per heavy atom. The van der Waals surface area contributed by atoms with Crippen molar-refractivity contribution in [1.82, 2.24) is 25.1 Å². The molecule has 0 radical (unpaired) electrons. The van der Waals surface area contributed by atoms with E-state index in [4.69, 9.17) is 0 Å². The largest absolute Gasteiger partial charge is 0.342 e. The van der Waals surface area contributed by atoms with Gasteiger partial charge in [-0.1, -0.05) is 0 Å². The molecule has 5 nitrogen and oxygen atoms in total. The molecule has 0 aliphatic carbocycles. The summed E-state index contributed by atoms with van der Waals surface area (Å²) in [5.74, 6) is 1.70. The van der Waals surface area contributed by atoms with Gasteiger partial charge in [-0.15, -0.1) is 0 Å². The average molecular weight is 257 g/mol. The van der Waals surface area contributed by atoms with E-state index in [1.165, 1.54) is 19.3 Å². The van der Waals surface area contributed by atoms with Gasteiger partial charge in [-0.3, -0.25) is 4.68 Å². The summed E-state index contributed by atoms with van der Waals surface area (Å²) in [4.78, 5) is 8.09. The summed E-state index contributed by atoms with van der Waals surface area (Å²) in [5.41, 5.74) is 2.20. The summed E-state index contributed by atoms with van der Waals surface area (Å²) in [5, 5.41) is 7.97. The van der Waals surface area contributed by atoms with E-state index in [0.717, 1.165) is 23.6 Å². The fourth-order valence-corrected chi connectivity index (χ4v) is 3.47. The number of aromatic amines is 1. The van der Waals surface area contributed by atoms with Crippen LogP contribution in [0.3, 0.4) is 0 Å². The first-order valence-electron chi connectivity index (χ1n) is 7.17. The number of hydrogen-bond donors (Lipinski definition) is 2. The molecule has 2 bridgehead atoms. The number of hydrogen-bond acceptors (Lipinski definition) is 3. The number of H-pyrrole nitrogens is 1. The quantitative estimate of drug-likeness (QED) is 0.883. The summed E-state index contributed by atoms with van der Waals surface area (Å²) < 4.78 is 1.94. The Hall–Kier alpha value is -1.62. The van der Waals surface area contributed by atoms with Crippen LogP contribution >= 0.6 is 0 Å². The predicted octanol–water partition coefficient (Wildman–Crippen LogP) is 1.90. The van der Waals surface area contributed by atoms with Gasteiger partial charge >= 0.3 is 0 Å². The monoisotopic (exact) mass is 257 g/mol. The molecule has 0 amide bonds. The number of imidazole rings is 1. The summed E-state index contributed by atoms with van der Waals surface area (Å²) in [6.45, 7) is 2.99. The lowest BCUT2D eigenvalue weighted by molar-refractivity contribution is 0.490. The Labute approximate surface area is 112 Å². The van der Waals surface area contributed by atoms with Crippen molar-refractivity contribution < 1.29 is 0 Å². The molecule has 2 aliphatic rings. The van der Waals surface area contributed by atoms with E-state index < -0.39 is 0 Å². The van der Waals surface area contributed by atoms with Gasteiger partial charge in [0.2, 0.25) is 0 Å². The summed E-state index contributed by atoms with van der Waals surface area (Å²) in [6.07, 6.45) is 9.76. The fraction of sp³-hybridized carbons (Fsp3) is 0.571. The Morgan fingerprint density at radius 2 is 2.32 bits per heavy atom. The van der Waals surface area contributed by atoms with Crippen LogP contribution in [0.25, 0.3) is 11.3 Å². The molecule has 2 aliphatic heterocycles. The molecule has 19 heavy (non-hydrogen) atoms. The summed E-state index contributed by atoms with van der Waals surface area (Å²) in [7, 11) is 0. The molecule has 2 saturated heterocycles. The van der Waals surface area contributed by atoms with Crippen LogP contribution < -0.4 is 5.32 Å². The number of aryl methyl sites for hydroxylation is 1. The van der Waals surface area contributed by atoms with E-state index in [1.54, 1.807) is 0 Å². The van der Waals surface area contributed by atoms with E-state index in [9.17, 15) is 0 Å². The third-order valence-corrected chi connectivity index (χ3v) is 4.52. The lowest BCUT2D eigenvalue weighted by Gasteiger charge is -2.17. The van der Waals surface area contributed by atoms with Crippen molar-refractivity contribution in [3.05, 3.63) is 24.4 Å². The van der Waals surface area contributed by atoms with Gasteiger partial charge in [0.15, 0.2) is 0 Å². The Kier molecular flexibility index (Phi) is 2.48. The molecule has 0 saturated carbocycles. The Balaban J connectivity index is 1.59. The maximum atomic E-state index is 4.60. The van der Waals surface area contributed by atoms with Gasteiger partial charge in [0.25, 0.3) is 0 Å². The molecular formula is C14H19N5. The van der Waals surface area contributed by atoms with Crippen LogP contribution in [0.4, 0.5) is 0 Å². The van der Waals surface area contributed by atoms with E-state index in [1.807, 2.05) is 17.1 Å². The Morgan fingerprint density at radius 1 is 1.37 bits per heavy atom. The molecule has 0 aromatic carbocycles. The first kappa shape index (κ1) is 11.2. The zero-order chi connectivity index (χ0) is 12.8. The summed E-state index contributed by atoms with van der Waals surface area (Å²) in [6, 6.07) is 1.34. The lowest BCUT2D eigenvalue weighted by Crippen LogP contribution is -2.22. The summed E-state index contributed by atoms with van der Waals surface area (Å²) >= 11 is 0. The minimum Gasteiger partial charge on any atom is -0.342 e. The van der Waals surface area contributed by atoms with Crippen molar-refractivity contribution in [3.8, 4) is 11.3 Å². The standard InChI is InChI=1S/C14H19N5/c1-2-19-8-9(6-16-19)13-7-15-14(18-13)11-5-10-3-4-12(11)17-10/h6-8,10-12,17H,2-5H2,1H3,(H,15,18). The molecule has 100 valence electrons. The molecule has 3 atom stereocenters. The van der Waals surface area contributed by atoms with Crippen LogP contribution in [0.2, 0.25) is 0 Å². The number of aromatic nitrogens is 4. The zero-order valence-electron chi connectivity index (χ0n) is 11.1. The highest BCUT2D eigenvalue weighted by Crippen LogP contribution is 2.39. The van der Waals surface area contributed by atoms with Crippen LogP contribution in [0.5, 0.6) is 0 Å². The van der Waals surface area contributed by atoms with Crippen LogP contribution in [-0.4, -0.2) is 31.8 Å². The molecule has 0 spiro atoms. The second-order valence-electron chi connectivity index (χ2n) is 5.66. The first-order chi connectivity index (χ1) is 9.33. The highest BCUT2D eigenvalue weighted by molar-refractivity contribution is 5.56. The molecule has 4 rings (SSSR count). The lowest BCUT2D eigenvalue weighted by atomic mass is 9.89. The van der Waals surface area contributed by atoms with Crippen molar-refractivity contribution in [1.29, 1.82) is 0 Å². The normalized spacial score (nSPS) is 29.2. The average Bonchev–Trinajstić information content (AvgIpc) is 3.19. The molecule has 2 N–H and O–H groups in total. The van der Waals surface area contributed by atoms with Crippen molar-refractivity contribution in [2.45, 2.75) is 50.7 Å². The maximum absolute atomic E-state index is 4.60. The van der Waals surface area contributed by atoms with Crippen molar-refractivity contribution in [2.24, 2.45) is 0 Å². The number of rotatable bonds is 3. The molecule has 2 aromatic heterocycles. The van der Waals surface area contributed by atoms with Crippen LogP contribution in [0, 0.1) is 0 Å². The predicted molar refractivity (Wildman–Crippen MR) is 72.8 cm³/mol. The van der Waals surface area contributed by atoms with Gasteiger partial charge in [0.1, 0.15) is 5.82 Å². The van der Waals surface area contributed by atoms with Gasteiger partial charge in [-0.2, -0.15) is 5.10 Å². The van der Waals surface area contributed by atoms with Crippen molar-refractivity contribution >= 4 is 0 Å². The topological polar surface area (TPSA) is 58.5 Å². The van der Waals surface area contributed by atoms with E-state index in [0.29, 0.717) is 18.0 Å². The number of nitrogens with one attached hydrogen (secondary N) is 2. The smallest absolute Gasteiger partial charge is 0.111 e. The van der Waals surface area contributed by atoms with Crippen LogP contribution in [-0.2, 0) is 6.54 Å². The Bertz CT molecular complexity index is 584. The second-order valence-corrected chi connectivity index (χ2v) is 5.66. The third kappa shape index (κ3) is 1.80. The number of nitrogens with zero attached hydrogens (tertiary/aromatic N) is 3. The SMILES string of the molecule is CCn1cc(-c2cnc(C3CC4CCC3N4)[nH]2)cn1. The van der Waals surface area contributed by atoms with E-state index in [2.05, 4.69) is 33.5 Å². The first-order valence-corrected chi connectivity index (χ1v) is 7.17. The van der Waals surface area contributed by atoms with Crippen molar-refractivity contribution in [3.63, 3.8) is 0 Å². The number of fused-ring (bicyclic) bond motifs is 2. The molecule has 3 unspecified atom stereocenters.